The molecule has 0 fully saturated rings. The second kappa shape index (κ2) is 14.8. The van der Waals surface area contributed by atoms with Gasteiger partial charge in [0.05, 0.1) is 13.2 Å². The van der Waals surface area contributed by atoms with Crippen molar-refractivity contribution in [3.05, 3.63) is 0 Å². The van der Waals surface area contributed by atoms with Crippen molar-refractivity contribution in [2.45, 2.75) is 44.9 Å². The van der Waals surface area contributed by atoms with E-state index >= 15 is 0 Å². The van der Waals surface area contributed by atoms with Crippen LogP contribution in [0.2, 0.25) is 0 Å². The SMILES string of the molecule is O=C(CCCCI)OCCCOC(=O)CCCCI. The predicted molar refractivity (Wildman–Crippen MR) is 92.0 cm³/mol. The first-order valence-electron chi connectivity index (χ1n) is 6.64. The Balaban J connectivity index is 3.29. The van der Waals surface area contributed by atoms with E-state index in [0.29, 0.717) is 32.5 Å². The van der Waals surface area contributed by atoms with Crippen LogP contribution in [0.3, 0.4) is 0 Å². The van der Waals surface area contributed by atoms with Gasteiger partial charge in [-0.25, -0.2) is 0 Å². The van der Waals surface area contributed by atoms with Crippen molar-refractivity contribution in [2.24, 2.45) is 0 Å². The van der Waals surface area contributed by atoms with Gasteiger partial charge in [-0.1, -0.05) is 45.2 Å². The molecule has 0 aromatic rings. The molecule has 0 unspecified atom stereocenters. The molecular weight excluding hydrogens is 474 g/mol. The number of halogens is 2. The largest absolute Gasteiger partial charge is 0.466 e. The first kappa shape index (κ1) is 19.4. The van der Waals surface area contributed by atoms with Crippen LogP contribution >= 0.6 is 45.2 Å². The lowest BCUT2D eigenvalue weighted by molar-refractivity contribution is -0.146. The van der Waals surface area contributed by atoms with Gasteiger partial charge in [0.1, 0.15) is 0 Å². The molecule has 0 atom stereocenters. The summed E-state index contributed by atoms with van der Waals surface area (Å²) in [6.45, 7) is 0.675. The molecule has 0 heterocycles. The Morgan fingerprint density at radius 1 is 0.684 bits per heavy atom. The number of ether oxygens (including phenoxy) is 2. The van der Waals surface area contributed by atoms with Gasteiger partial charge in [0.2, 0.25) is 0 Å². The standard InChI is InChI=1S/C13H22I2O4/c14-8-3-1-6-12(16)18-10-5-11-19-13(17)7-2-4-9-15/h1-11H2. The highest BCUT2D eigenvalue weighted by molar-refractivity contribution is 14.1. The molecule has 6 heteroatoms. The van der Waals surface area contributed by atoms with Gasteiger partial charge < -0.3 is 9.47 Å². The Morgan fingerprint density at radius 3 is 1.47 bits per heavy atom. The summed E-state index contributed by atoms with van der Waals surface area (Å²) < 4.78 is 12.2. The molecule has 19 heavy (non-hydrogen) atoms. The van der Waals surface area contributed by atoms with Crippen molar-refractivity contribution in [3.8, 4) is 0 Å². The van der Waals surface area contributed by atoms with Gasteiger partial charge in [0.15, 0.2) is 0 Å². The van der Waals surface area contributed by atoms with Gasteiger partial charge in [0, 0.05) is 19.3 Å². The number of hydrogen-bond acceptors (Lipinski definition) is 4. The average Bonchev–Trinajstić information content (AvgIpc) is 2.39. The number of alkyl halides is 2. The monoisotopic (exact) mass is 496 g/mol. The molecule has 0 aromatic carbocycles. The zero-order valence-electron chi connectivity index (χ0n) is 11.2. The molecule has 0 aliphatic rings. The van der Waals surface area contributed by atoms with Crippen LogP contribution in [0, 0.1) is 0 Å². The summed E-state index contributed by atoms with van der Waals surface area (Å²) in [6.07, 6.45) is 5.41. The van der Waals surface area contributed by atoms with Gasteiger partial charge in [-0.2, -0.15) is 0 Å². The Kier molecular flexibility index (Phi) is 15.1. The number of carbonyl (C=O) groups excluding carboxylic acids is 2. The Morgan fingerprint density at radius 2 is 1.11 bits per heavy atom. The summed E-state index contributed by atoms with van der Waals surface area (Å²) in [5.74, 6) is -0.309. The van der Waals surface area contributed by atoms with E-state index in [1.165, 1.54) is 0 Å². The van der Waals surface area contributed by atoms with E-state index < -0.39 is 0 Å². The molecule has 0 saturated carbocycles. The van der Waals surface area contributed by atoms with Gasteiger partial charge in [-0.05, 0) is 34.5 Å². The van der Waals surface area contributed by atoms with Crippen molar-refractivity contribution in [1.82, 2.24) is 0 Å². The zero-order chi connectivity index (χ0) is 14.3. The predicted octanol–water partition coefficient (Wildman–Crippen LogP) is 3.67. The fourth-order valence-corrected chi connectivity index (χ4v) is 2.38. The Labute approximate surface area is 142 Å². The molecular formula is C13H22I2O4. The summed E-state index contributed by atoms with van der Waals surface area (Å²) in [5, 5.41) is 0. The van der Waals surface area contributed by atoms with E-state index in [2.05, 4.69) is 45.2 Å². The van der Waals surface area contributed by atoms with Crippen molar-refractivity contribution < 1.29 is 19.1 Å². The number of carbonyl (C=O) groups is 2. The lowest BCUT2D eigenvalue weighted by atomic mass is 10.2. The third-order valence-corrected chi connectivity index (χ3v) is 3.87. The lowest BCUT2D eigenvalue weighted by Crippen LogP contribution is -2.10. The van der Waals surface area contributed by atoms with Crippen molar-refractivity contribution in [2.75, 3.05) is 22.1 Å². The van der Waals surface area contributed by atoms with Crippen molar-refractivity contribution in [3.63, 3.8) is 0 Å². The Bertz CT molecular complexity index is 223. The molecule has 0 radical (unpaired) electrons. The molecule has 0 bridgehead atoms. The molecule has 0 amide bonds. The third kappa shape index (κ3) is 14.6. The fourth-order valence-electron chi connectivity index (χ4n) is 1.30. The van der Waals surface area contributed by atoms with Crippen LogP contribution in [0.5, 0.6) is 0 Å². The van der Waals surface area contributed by atoms with Crippen LogP contribution in [0.4, 0.5) is 0 Å². The van der Waals surface area contributed by atoms with E-state index in [1.54, 1.807) is 0 Å². The van der Waals surface area contributed by atoms with E-state index in [0.717, 1.165) is 34.5 Å². The first-order valence-corrected chi connectivity index (χ1v) is 9.69. The normalized spacial score (nSPS) is 10.2. The van der Waals surface area contributed by atoms with Gasteiger partial charge in [-0.15, -0.1) is 0 Å². The quantitative estimate of drug-likeness (QED) is 0.179. The molecule has 4 nitrogen and oxygen atoms in total. The summed E-state index contributed by atoms with van der Waals surface area (Å²) in [6, 6.07) is 0. The Hall–Kier alpha value is 0.400. The summed E-state index contributed by atoms with van der Waals surface area (Å²) in [4.78, 5) is 22.5. The molecule has 0 aliphatic carbocycles. The number of unbranched alkanes of at least 4 members (excludes halogenated alkanes) is 2. The van der Waals surface area contributed by atoms with E-state index in [-0.39, 0.29) is 11.9 Å². The molecule has 0 aromatic heterocycles. The zero-order valence-corrected chi connectivity index (χ0v) is 15.5. The van der Waals surface area contributed by atoms with Crippen LogP contribution in [0.1, 0.15) is 44.9 Å². The molecule has 112 valence electrons. The highest BCUT2D eigenvalue weighted by atomic mass is 127. The number of hydrogen-bond donors (Lipinski definition) is 0. The van der Waals surface area contributed by atoms with Gasteiger partial charge in [-0.3, -0.25) is 9.59 Å². The van der Waals surface area contributed by atoms with Crippen LogP contribution in [0.15, 0.2) is 0 Å². The summed E-state index contributed by atoms with van der Waals surface area (Å²) >= 11 is 4.58. The molecule has 0 spiro atoms. The van der Waals surface area contributed by atoms with Gasteiger partial charge >= 0.3 is 11.9 Å². The van der Waals surface area contributed by atoms with Gasteiger partial charge in [0.25, 0.3) is 0 Å². The molecule has 0 rings (SSSR count). The number of esters is 2. The summed E-state index contributed by atoms with van der Waals surface area (Å²) in [7, 11) is 0. The minimum Gasteiger partial charge on any atom is -0.466 e. The van der Waals surface area contributed by atoms with Crippen LogP contribution in [0.25, 0.3) is 0 Å². The maximum absolute atomic E-state index is 11.3. The van der Waals surface area contributed by atoms with Crippen molar-refractivity contribution in [1.29, 1.82) is 0 Å². The van der Waals surface area contributed by atoms with Crippen molar-refractivity contribution >= 4 is 57.1 Å². The van der Waals surface area contributed by atoms with Crippen LogP contribution < -0.4 is 0 Å². The van der Waals surface area contributed by atoms with E-state index in [9.17, 15) is 9.59 Å². The topological polar surface area (TPSA) is 52.6 Å². The van der Waals surface area contributed by atoms with E-state index in [4.69, 9.17) is 9.47 Å². The lowest BCUT2D eigenvalue weighted by Gasteiger charge is -2.06. The second-order valence-corrected chi connectivity index (χ2v) is 6.24. The highest BCUT2D eigenvalue weighted by Crippen LogP contribution is 2.02. The maximum atomic E-state index is 11.3. The van der Waals surface area contributed by atoms with Crippen LogP contribution in [-0.2, 0) is 19.1 Å². The highest BCUT2D eigenvalue weighted by Gasteiger charge is 2.04. The number of rotatable bonds is 12. The average molecular weight is 496 g/mol. The summed E-state index contributed by atoms with van der Waals surface area (Å²) in [5.41, 5.74) is 0. The molecule has 0 N–H and O–H groups in total. The second-order valence-electron chi connectivity index (χ2n) is 4.09. The minimum absolute atomic E-state index is 0.154. The minimum atomic E-state index is -0.154. The third-order valence-electron chi connectivity index (χ3n) is 2.34. The van der Waals surface area contributed by atoms with E-state index in [1.807, 2.05) is 0 Å². The molecule has 0 aliphatic heterocycles. The smallest absolute Gasteiger partial charge is 0.305 e. The first-order chi connectivity index (χ1) is 9.20. The maximum Gasteiger partial charge on any atom is 0.305 e. The van der Waals surface area contributed by atoms with Crippen LogP contribution in [-0.4, -0.2) is 34.0 Å². The fraction of sp³-hybridized carbons (Fsp3) is 0.846. The molecule has 0 saturated heterocycles.